The van der Waals surface area contributed by atoms with Gasteiger partial charge in [0.25, 0.3) is 5.91 Å². The van der Waals surface area contributed by atoms with Gasteiger partial charge in [0.05, 0.1) is 11.5 Å². The van der Waals surface area contributed by atoms with E-state index in [0.717, 1.165) is 11.6 Å². The lowest BCUT2D eigenvalue weighted by Crippen LogP contribution is -2.57. The van der Waals surface area contributed by atoms with Gasteiger partial charge in [-0.05, 0) is 42.2 Å². The van der Waals surface area contributed by atoms with Gasteiger partial charge in [-0.25, -0.2) is 8.78 Å². The van der Waals surface area contributed by atoms with Crippen LogP contribution < -0.4 is 5.32 Å². The van der Waals surface area contributed by atoms with E-state index in [1.54, 1.807) is 31.1 Å². The molecule has 1 spiro atoms. The molecule has 2 aliphatic heterocycles. The predicted molar refractivity (Wildman–Crippen MR) is 109 cm³/mol. The minimum absolute atomic E-state index is 0.0472. The molecule has 0 aromatic heterocycles. The van der Waals surface area contributed by atoms with Crippen molar-refractivity contribution in [2.24, 2.45) is 5.92 Å². The Balaban J connectivity index is 1.63. The minimum atomic E-state index is -0.888. The predicted octanol–water partition coefficient (Wildman–Crippen LogP) is 2.60. The number of benzene rings is 2. The first-order valence-corrected chi connectivity index (χ1v) is 10.1. The largest absolute Gasteiger partial charge is 0.348 e. The number of carbonyl (C=O) groups excluding carboxylic acids is 2. The van der Waals surface area contributed by atoms with E-state index >= 15 is 0 Å². The number of halogens is 2. The second-order valence-electron chi connectivity index (χ2n) is 8.47. The van der Waals surface area contributed by atoms with Crippen molar-refractivity contribution in [2.45, 2.75) is 24.9 Å². The average molecular weight is 413 g/mol. The molecule has 2 atom stereocenters. The Labute approximate surface area is 174 Å². The van der Waals surface area contributed by atoms with Gasteiger partial charge >= 0.3 is 0 Å². The van der Waals surface area contributed by atoms with Crippen molar-refractivity contribution in [3.63, 3.8) is 0 Å². The summed E-state index contributed by atoms with van der Waals surface area (Å²) >= 11 is 0. The third kappa shape index (κ3) is 3.69. The summed E-state index contributed by atoms with van der Waals surface area (Å²) in [6, 6.07) is 11.4. The van der Waals surface area contributed by atoms with Crippen LogP contribution in [0.3, 0.4) is 0 Å². The van der Waals surface area contributed by atoms with Gasteiger partial charge in [-0.1, -0.05) is 24.3 Å². The maximum Gasteiger partial charge on any atom is 0.252 e. The summed E-state index contributed by atoms with van der Waals surface area (Å²) in [5.41, 5.74) is 1.53. The second kappa shape index (κ2) is 7.80. The van der Waals surface area contributed by atoms with Crippen molar-refractivity contribution < 1.29 is 18.4 Å². The lowest BCUT2D eigenvalue weighted by Gasteiger charge is -2.35. The Hall–Kier alpha value is -2.80. The van der Waals surface area contributed by atoms with Crippen LogP contribution in [0.25, 0.3) is 0 Å². The molecule has 158 valence electrons. The Kier molecular flexibility index (Phi) is 5.32. The highest BCUT2D eigenvalue weighted by Gasteiger charge is 2.52. The van der Waals surface area contributed by atoms with Gasteiger partial charge in [-0.2, -0.15) is 0 Å². The van der Waals surface area contributed by atoms with Crippen LogP contribution in [0.2, 0.25) is 0 Å². The third-order valence-corrected chi connectivity index (χ3v) is 6.21. The number of nitrogens with zero attached hydrogens (tertiary/aromatic N) is 2. The molecule has 0 radical (unpaired) electrons. The van der Waals surface area contributed by atoms with Gasteiger partial charge in [-0.15, -0.1) is 0 Å². The summed E-state index contributed by atoms with van der Waals surface area (Å²) in [6.45, 7) is 1.28. The Morgan fingerprint density at radius 3 is 2.70 bits per heavy atom. The molecule has 5 nitrogen and oxygen atoms in total. The zero-order valence-electron chi connectivity index (χ0n) is 17.1. The number of amides is 2. The highest BCUT2D eigenvalue weighted by atomic mass is 19.2. The summed E-state index contributed by atoms with van der Waals surface area (Å²) < 4.78 is 26.9. The summed E-state index contributed by atoms with van der Waals surface area (Å²) in [7, 11) is 3.42. The van der Waals surface area contributed by atoms with Crippen LogP contribution in [0.4, 0.5) is 8.78 Å². The van der Waals surface area contributed by atoms with E-state index in [1.807, 2.05) is 23.1 Å². The molecule has 1 saturated heterocycles. The number of rotatable bonds is 3. The van der Waals surface area contributed by atoms with Crippen LogP contribution >= 0.6 is 0 Å². The number of likely N-dealkylation sites (tertiary alicyclic amines) is 1. The highest BCUT2D eigenvalue weighted by molar-refractivity contribution is 5.97. The summed E-state index contributed by atoms with van der Waals surface area (Å²) in [5.74, 6) is -2.41. The maximum atomic E-state index is 13.7. The van der Waals surface area contributed by atoms with Crippen LogP contribution in [0.15, 0.2) is 42.5 Å². The van der Waals surface area contributed by atoms with E-state index in [1.165, 1.54) is 6.07 Å². The molecule has 7 heteroatoms. The van der Waals surface area contributed by atoms with E-state index < -0.39 is 23.1 Å². The average Bonchev–Trinajstić information content (AvgIpc) is 2.98. The smallest absolute Gasteiger partial charge is 0.252 e. The standard InChI is InChI=1S/C23H25F2N3O2/c1-27(2)22(30)18-13-28(12-15-7-8-19(24)20(25)11-15)14-23(18)10-9-16-5-3-4-6-17(16)21(29)26-23/h3-8,11,18H,9-10,12-14H2,1-2H3,(H,26,29)/t18-,23+/m1/s1. The van der Waals surface area contributed by atoms with Gasteiger partial charge < -0.3 is 10.2 Å². The molecule has 0 bridgehead atoms. The molecule has 2 aromatic carbocycles. The number of fused-ring (bicyclic) bond motifs is 1. The van der Waals surface area contributed by atoms with Crippen LogP contribution in [0.5, 0.6) is 0 Å². The normalized spacial score (nSPS) is 23.7. The van der Waals surface area contributed by atoms with Crippen molar-refractivity contribution in [1.29, 1.82) is 0 Å². The van der Waals surface area contributed by atoms with E-state index in [0.29, 0.717) is 43.6 Å². The van der Waals surface area contributed by atoms with Gasteiger partial charge in [0, 0.05) is 39.3 Å². The molecule has 0 saturated carbocycles. The quantitative estimate of drug-likeness (QED) is 0.842. The minimum Gasteiger partial charge on any atom is -0.348 e. The van der Waals surface area contributed by atoms with E-state index in [9.17, 15) is 18.4 Å². The molecule has 1 fully saturated rings. The Bertz CT molecular complexity index is 994. The first-order valence-electron chi connectivity index (χ1n) is 10.1. The second-order valence-corrected chi connectivity index (χ2v) is 8.47. The maximum absolute atomic E-state index is 13.7. The highest BCUT2D eigenvalue weighted by Crippen LogP contribution is 2.36. The van der Waals surface area contributed by atoms with E-state index in [4.69, 9.17) is 0 Å². The first-order chi connectivity index (χ1) is 14.3. The number of hydrogen-bond acceptors (Lipinski definition) is 3. The van der Waals surface area contributed by atoms with Gasteiger partial charge in [0.2, 0.25) is 5.91 Å². The molecule has 2 heterocycles. The fourth-order valence-corrected chi connectivity index (χ4v) is 4.70. The Morgan fingerprint density at radius 2 is 1.97 bits per heavy atom. The molecule has 4 rings (SSSR count). The lowest BCUT2D eigenvalue weighted by molar-refractivity contribution is -0.134. The summed E-state index contributed by atoms with van der Waals surface area (Å²) in [5, 5.41) is 3.17. The Morgan fingerprint density at radius 1 is 1.20 bits per heavy atom. The van der Waals surface area contributed by atoms with Crippen LogP contribution in [0.1, 0.15) is 27.9 Å². The molecule has 2 aromatic rings. The number of aryl methyl sites for hydroxylation is 1. The van der Waals surface area contributed by atoms with Crippen LogP contribution in [0, 0.1) is 17.6 Å². The third-order valence-electron chi connectivity index (χ3n) is 6.21. The number of nitrogens with one attached hydrogen (secondary N) is 1. The van der Waals surface area contributed by atoms with Gasteiger partial charge in [0.1, 0.15) is 0 Å². The molecular weight excluding hydrogens is 388 g/mol. The van der Waals surface area contributed by atoms with Crippen molar-refractivity contribution >= 4 is 11.8 Å². The van der Waals surface area contributed by atoms with Crippen molar-refractivity contribution in [3.05, 3.63) is 70.8 Å². The van der Waals surface area contributed by atoms with Crippen molar-refractivity contribution in [2.75, 3.05) is 27.2 Å². The summed E-state index contributed by atoms with van der Waals surface area (Å²) in [6.07, 6.45) is 1.32. The molecule has 1 N–H and O–H groups in total. The number of carbonyl (C=O) groups is 2. The molecule has 0 aliphatic carbocycles. The molecule has 30 heavy (non-hydrogen) atoms. The SMILES string of the molecule is CN(C)C(=O)[C@H]1CN(Cc2ccc(F)c(F)c2)C[C@@]12CCc1ccccc1C(=O)N2. The topological polar surface area (TPSA) is 52.7 Å². The lowest BCUT2D eigenvalue weighted by atomic mass is 9.81. The fraction of sp³-hybridized carbons (Fsp3) is 0.391. The molecule has 2 aliphatic rings. The van der Waals surface area contributed by atoms with Crippen LogP contribution in [-0.2, 0) is 17.8 Å². The van der Waals surface area contributed by atoms with Gasteiger partial charge in [0.15, 0.2) is 11.6 Å². The summed E-state index contributed by atoms with van der Waals surface area (Å²) in [4.78, 5) is 29.6. The zero-order valence-corrected chi connectivity index (χ0v) is 17.1. The molecular formula is C23H25F2N3O2. The fourth-order valence-electron chi connectivity index (χ4n) is 4.70. The first kappa shape index (κ1) is 20.5. The molecule has 2 amide bonds. The van der Waals surface area contributed by atoms with Crippen molar-refractivity contribution in [1.82, 2.24) is 15.1 Å². The van der Waals surface area contributed by atoms with Crippen LogP contribution in [-0.4, -0.2) is 54.3 Å². The van der Waals surface area contributed by atoms with Crippen molar-refractivity contribution in [3.8, 4) is 0 Å². The van der Waals surface area contributed by atoms with Gasteiger partial charge in [-0.3, -0.25) is 14.5 Å². The number of hydrogen-bond donors (Lipinski definition) is 1. The van der Waals surface area contributed by atoms with E-state index in [2.05, 4.69) is 5.32 Å². The molecule has 0 unspecified atom stereocenters. The van der Waals surface area contributed by atoms with E-state index in [-0.39, 0.29) is 11.8 Å². The zero-order chi connectivity index (χ0) is 21.5. The monoisotopic (exact) mass is 413 g/mol.